The van der Waals surface area contributed by atoms with Crippen LogP contribution >= 0.6 is 0 Å². The molecule has 3 atom stereocenters. The molecule has 0 rings (SSSR count). The SMILES string of the molecule is CCCCCCCCC(CC(=O)OOC(C)(C)CC(C)OC(=O)CC(CCCCCCCC)C(=O)O)C(=O)O. The molecule has 0 amide bonds. The van der Waals surface area contributed by atoms with E-state index in [0.29, 0.717) is 12.8 Å². The number of hydrogen-bond donors (Lipinski definition) is 2. The average molecular weight is 559 g/mol. The topological polar surface area (TPSA) is 136 Å². The summed E-state index contributed by atoms with van der Waals surface area (Å²) in [5, 5.41) is 18.9. The summed E-state index contributed by atoms with van der Waals surface area (Å²) >= 11 is 0. The van der Waals surface area contributed by atoms with Crippen LogP contribution in [0.4, 0.5) is 0 Å². The molecule has 0 aliphatic carbocycles. The van der Waals surface area contributed by atoms with Crippen molar-refractivity contribution < 1.29 is 43.9 Å². The molecule has 0 saturated heterocycles. The van der Waals surface area contributed by atoms with Crippen molar-refractivity contribution in [2.24, 2.45) is 11.8 Å². The number of unbranched alkanes of at least 4 members (excludes halogenated alkanes) is 10. The lowest BCUT2D eigenvalue weighted by molar-refractivity contribution is -0.329. The zero-order chi connectivity index (χ0) is 29.7. The Bertz CT molecular complexity index is 705. The first kappa shape index (κ1) is 36.8. The molecule has 0 aromatic heterocycles. The van der Waals surface area contributed by atoms with Crippen molar-refractivity contribution in [3.63, 3.8) is 0 Å². The molecule has 228 valence electrons. The van der Waals surface area contributed by atoms with Gasteiger partial charge in [0.05, 0.1) is 24.7 Å². The summed E-state index contributed by atoms with van der Waals surface area (Å²) in [5.41, 5.74) is -1.00. The van der Waals surface area contributed by atoms with E-state index in [-0.39, 0.29) is 19.3 Å². The third kappa shape index (κ3) is 20.4. The van der Waals surface area contributed by atoms with Gasteiger partial charge in [0.25, 0.3) is 0 Å². The van der Waals surface area contributed by atoms with Crippen LogP contribution in [0.2, 0.25) is 0 Å². The molecule has 9 nitrogen and oxygen atoms in total. The minimum Gasteiger partial charge on any atom is -0.481 e. The van der Waals surface area contributed by atoms with Crippen molar-refractivity contribution in [2.75, 3.05) is 0 Å². The first-order valence-corrected chi connectivity index (χ1v) is 14.9. The molecule has 0 radical (unpaired) electrons. The maximum absolute atomic E-state index is 12.4. The summed E-state index contributed by atoms with van der Waals surface area (Å²) in [6, 6.07) is 0. The number of carboxylic acid groups (broad SMARTS) is 2. The van der Waals surface area contributed by atoms with Gasteiger partial charge in [0.15, 0.2) is 0 Å². The lowest BCUT2D eigenvalue weighted by Gasteiger charge is -2.26. The third-order valence-electron chi connectivity index (χ3n) is 6.81. The lowest BCUT2D eigenvalue weighted by Crippen LogP contribution is -2.33. The summed E-state index contributed by atoms with van der Waals surface area (Å²) < 4.78 is 5.41. The minimum absolute atomic E-state index is 0.194. The fourth-order valence-corrected chi connectivity index (χ4v) is 4.60. The standard InChI is InChI=1S/C30H54O9/c1-6-8-10-12-14-16-18-24(28(33)34)20-26(31)37-23(3)22-30(4,5)39-38-27(32)21-25(29(35)36)19-17-15-13-11-9-7-2/h23-25H,6-22H2,1-5H3,(H,33,34)(H,35,36). The highest BCUT2D eigenvalue weighted by Crippen LogP contribution is 2.23. The van der Waals surface area contributed by atoms with Gasteiger partial charge in [0, 0.05) is 6.42 Å². The second-order valence-corrected chi connectivity index (χ2v) is 11.4. The van der Waals surface area contributed by atoms with Gasteiger partial charge in [0.1, 0.15) is 11.7 Å². The molecule has 0 spiro atoms. The molecule has 2 N–H and O–H groups in total. The second kappa shape index (κ2) is 21.6. The van der Waals surface area contributed by atoms with E-state index < -0.39 is 47.4 Å². The van der Waals surface area contributed by atoms with Crippen LogP contribution in [-0.4, -0.2) is 45.8 Å². The maximum Gasteiger partial charge on any atom is 0.343 e. The van der Waals surface area contributed by atoms with Crippen molar-refractivity contribution in [3.8, 4) is 0 Å². The van der Waals surface area contributed by atoms with Gasteiger partial charge in [0.2, 0.25) is 0 Å². The van der Waals surface area contributed by atoms with Crippen molar-refractivity contribution in [3.05, 3.63) is 0 Å². The number of carbonyl (C=O) groups excluding carboxylic acids is 2. The molecule has 0 aromatic rings. The van der Waals surface area contributed by atoms with E-state index in [1.165, 1.54) is 12.8 Å². The van der Waals surface area contributed by atoms with Gasteiger partial charge in [-0.15, -0.1) is 0 Å². The van der Waals surface area contributed by atoms with E-state index in [0.717, 1.165) is 64.2 Å². The van der Waals surface area contributed by atoms with Crippen LogP contribution in [0.25, 0.3) is 0 Å². The second-order valence-electron chi connectivity index (χ2n) is 11.4. The highest BCUT2D eigenvalue weighted by atomic mass is 17.2. The van der Waals surface area contributed by atoms with E-state index >= 15 is 0 Å². The summed E-state index contributed by atoms with van der Waals surface area (Å²) in [5.74, 6) is -4.98. The van der Waals surface area contributed by atoms with Crippen LogP contribution in [0.5, 0.6) is 0 Å². The Morgan fingerprint density at radius 3 is 1.51 bits per heavy atom. The maximum atomic E-state index is 12.4. The molecule has 0 aliphatic heterocycles. The summed E-state index contributed by atoms with van der Waals surface area (Å²) in [7, 11) is 0. The Kier molecular flexibility index (Phi) is 20.4. The fourth-order valence-electron chi connectivity index (χ4n) is 4.60. The Hall–Kier alpha value is -2.16. The Balaban J connectivity index is 4.47. The monoisotopic (exact) mass is 558 g/mol. The van der Waals surface area contributed by atoms with Crippen molar-refractivity contribution >= 4 is 23.9 Å². The Morgan fingerprint density at radius 2 is 1.08 bits per heavy atom. The van der Waals surface area contributed by atoms with E-state index in [4.69, 9.17) is 14.5 Å². The molecule has 9 heteroatoms. The normalized spacial score (nSPS) is 13.9. The summed E-state index contributed by atoms with van der Waals surface area (Å²) in [6.07, 6.45) is 12.4. The van der Waals surface area contributed by atoms with Gasteiger partial charge in [-0.1, -0.05) is 90.9 Å². The van der Waals surface area contributed by atoms with Gasteiger partial charge < -0.3 is 14.9 Å². The summed E-state index contributed by atoms with van der Waals surface area (Å²) in [6.45, 7) is 9.26. The van der Waals surface area contributed by atoms with Gasteiger partial charge >= 0.3 is 23.9 Å². The number of carbonyl (C=O) groups is 4. The van der Waals surface area contributed by atoms with Crippen LogP contribution in [0, 0.1) is 11.8 Å². The van der Waals surface area contributed by atoms with Gasteiger partial charge in [-0.25, -0.2) is 4.79 Å². The number of ether oxygens (including phenoxy) is 1. The fraction of sp³-hybridized carbons (Fsp3) is 0.867. The highest BCUT2D eigenvalue weighted by Gasteiger charge is 2.30. The van der Waals surface area contributed by atoms with Crippen molar-refractivity contribution in [1.29, 1.82) is 0 Å². The Labute approximate surface area is 235 Å². The van der Waals surface area contributed by atoms with E-state index in [1.54, 1.807) is 20.8 Å². The number of aliphatic carboxylic acids is 2. The summed E-state index contributed by atoms with van der Waals surface area (Å²) in [4.78, 5) is 57.9. The Morgan fingerprint density at radius 1 is 0.667 bits per heavy atom. The van der Waals surface area contributed by atoms with Crippen molar-refractivity contribution in [1.82, 2.24) is 0 Å². The molecule has 3 unspecified atom stereocenters. The van der Waals surface area contributed by atoms with E-state index in [9.17, 15) is 29.4 Å². The van der Waals surface area contributed by atoms with Gasteiger partial charge in [-0.3, -0.25) is 19.3 Å². The molecular formula is C30H54O9. The predicted octanol–water partition coefficient (Wildman–Crippen LogP) is 7.24. The average Bonchev–Trinajstić information content (AvgIpc) is 2.84. The molecule has 0 aliphatic rings. The number of carboxylic acids is 2. The lowest BCUT2D eigenvalue weighted by atomic mass is 9.97. The van der Waals surface area contributed by atoms with E-state index in [1.807, 2.05) is 0 Å². The molecule has 0 bridgehead atoms. The number of esters is 1. The van der Waals surface area contributed by atoms with Crippen LogP contribution in [-0.2, 0) is 33.7 Å². The smallest absolute Gasteiger partial charge is 0.343 e. The van der Waals surface area contributed by atoms with Gasteiger partial charge in [-0.05, 0) is 33.6 Å². The van der Waals surface area contributed by atoms with Crippen LogP contribution in [0.3, 0.4) is 0 Å². The predicted molar refractivity (Wildman–Crippen MR) is 149 cm³/mol. The third-order valence-corrected chi connectivity index (χ3v) is 6.81. The largest absolute Gasteiger partial charge is 0.481 e. The molecular weight excluding hydrogens is 504 g/mol. The highest BCUT2D eigenvalue weighted by molar-refractivity contribution is 5.79. The van der Waals surface area contributed by atoms with Crippen LogP contribution in [0.15, 0.2) is 0 Å². The van der Waals surface area contributed by atoms with Crippen molar-refractivity contribution in [2.45, 2.75) is 155 Å². The molecule has 0 saturated carbocycles. The first-order chi connectivity index (χ1) is 18.4. The van der Waals surface area contributed by atoms with Crippen LogP contribution in [0.1, 0.15) is 144 Å². The first-order valence-electron chi connectivity index (χ1n) is 14.9. The molecule has 0 aromatic carbocycles. The molecule has 0 fully saturated rings. The number of hydrogen-bond acceptors (Lipinski definition) is 7. The zero-order valence-corrected chi connectivity index (χ0v) is 25.0. The zero-order valence-electron chi connectivity index (χ0n) is 25.0. The van der Waals surface area contributed by atoms with Gasteiger partial charge in [-0.2, -0.15) is 4.89 Å². The quantitative estimate of drug-likeness (QED) is 0.0514. The molecule has 0 heterocycles. The minimum atomic E-state index is -1.03. The van der Waals surface area contributed by atoms with E-state index in [2.05, 4.69) is 13.8 Å². The van der Waals surface area contributed by atoms with Crippen LogP contribution < -0.4 is 0 Å². The number of rotatable bonds is 25. The molecule has 39 heavy (non-hydrogen) atoms.